The lowest BCUT2D eigenvalue weighted by Crippen LogP contribution is -2.34. The van der Waals surface area contributed by atoms with E-state index in [0.717, 1.165) is 25.9 Å². The molecule has 0 saturated heterocycles. The first-order chi connectivity index (χ1) is 12.3. The first-order valence-electron chi connectivity index (χ1n) is 11.2. The zero-order valence-electron chi connectivity index (χ0n) is 17.1. The molecule has 1 fully saturated rings. The number of nitrogens with zero attached hydrogens (tertiary/aromatic N) is 1. The summed E-state index contributed by atoms with van der Waals surface area (Å²) in [7, 11) is 0. The minimum absolute atomic E-state index is 0.309. The fourth-order valence-electron chi connectivity index (χ4n) is 3.70. The summed E-state index contributed by atoms with van der Waals surface area (Å²) in [6.45, 7) is 7.00. The lowest BCUT2D eigenvalue weighted by Gasteiger charge is -2.23. The van der Waals surface area contributed by atoms with Gasteiger partial charge in [0.25, 0.3) is 0 Å². The molecule has 0 bridgehead atoms. The number of carbonyl (C=O) groups is 1. The first-order valence-corrected chi connectivity index (χ1v) is 11.2. The Labute approximate surface area is 156 Å². The molecule has 0 atom stereocenters. The van der Waals surface area contributed by atoms with Crippen molar-refractivity contribution in [1.82, 2.24) is 4.90 Å². The minimum Gasteiger partial charge on any atom is -0.378 e. The van der Waals surface area contributed by atoms with Crippen LogP contribution < -0.4 is 0 Å². The average molecular weight is 354 g/mol. The Morgan fingerprint density at radius 1 is 0.840 bits per heavy atom. The quantitative estimate of drug-likeness (QED) is 0.313. The molecular weight excluding hydrogens is 310 g/mol. The van der Waals surface area contributed by atoms with Gasteiger partial charge in [-0.2, -0.15) is 0 Å². The van der Waals surface area contributed by atoms with Crippen LogP contribution in [0.4, 0.5) is 0 Å². The summed E-state index contributed by atoms with van der Waals surface area (Å²) in [5, 5.41) is 0. The molecule has 148 valence electrons. The average Bonchev–Trinajstić information content (AvgIpc) is 3.13. The number of unbranched alkanes of at least 4 members (excludes halogenated alkanes) is 8. The number of hydrogen-bond acceptors (Lipinski definition) is 2. The molecule has 25 heavy (non-hydrogen) atoms. The highest BCUT2D eigenvalue weighted by molar-refractivity contribution is 5.76. The molecule has 3 heteroatoms. The minimum atomic E-state index is 0.309. The van der Waals surface area contributed by atoms with Crippen molar-refractivity contribution in [3.63, 3.8) is 0 Å². The molecule has 1 aliphatic rings. The van der Waals surface area contributed by atoms with Crippen molar-refractivity contribution in [3.05, 3.63) is 0 Å². The van der Waals surface area contributed by atoms with E-state index >= 15 is 0 Å². The van der Waals surface area contributed by atoms with Crippen molar-refractivity contribution in [2.75, 3.05) is 19.7 Å². The SMILES string of the molecule is CCCCCCCN(CCCCCCC)C(=O)CCOC1CCCC1. The molecule has 1 aliphatic carbocycles. The molecule has 0 aromatic rings. The van der Waals surface area contributed by atoms with Crippen molar-refractivity contribution in [1.29, 1.82) is 0 Å². The van der Waals surface area contributed by atoms with Crippen LogP contribution in [0.1, 0.15) is 110 Å². The van der Waals surface area contributed by atoms with E-state index in [2.05, 4.69) is 18.7 Å². The Morgan fingerprint density at radius 2 is 1.36 bits per heavy atom. The van der Waals surface area contributed by atoms with Crippen molar-refractivity contribution >= 4 is 5.91 Å². The van der Waals surface area contributed by atoms with Crippen LogP contribution in [0.3, 0.4) is 0 Å². The molecule has 1 rings (SSSR count). The van der Waals surface area contributed by atoms with Crippen LogP contribution in [0.15, 0.2) is 0 Å². The summed E-state index contributed by atoms with van der Waals surface area (Å²) >= 11 is 0. The third-order valence-corrected chi connectivity index (χ3v) is 5.39. The second kappa shape index (κ2) is 15.7. The van der Waals surface area contributed by atoms with Gasteiger partial charge < -0.3 is 9.64 Å². The fourth-order valence-corrected chi connectivity index (χ4v) is 3.70. The van der Waals surface area contributed by atoms with E-state index in [-0.39, 0.29) is 0 Å². The van der Waals surface area contributed by atoms with Gasteiger partial charge in [0.05, 0.1) is 19.1 Å². The molecule has 1 amide bonds. The molecule has 3 nitrogen and oxygen atoms in total. The third kappa shape index (κ3) is 11.6. The van der Waals surface area contributed by atoms with Crippen molar-refractivity contribution in [2.24, 2.45) is 0 Å². The van der Waals surface area contributed by atoms with E-state index in [9.17, 15) is 4.79 Å². The van der Waals surface area contributed by atoms with E-state index in [1.54, 1.807) is 0 Å². The topological polar surface area (TPSA) is 29.5 Å². The lowest BCUT2D eigenvalue weighted by atomic mass is 10.1. The highest BCUT2D eigenvalue weighted by atomic mass is 16.5. The van der Waals surface area contributed by atoms with Crippen LogP contribution in [-0.2, 0) is 9.53 Å². The molecule has 0 radical (unpaired) electrons. The van der Waals surface area contributed by atoms with Crippen LogP contribution >= 0.6 is 0 Å². The Bertz CT molecular complexity index is 299. The van der Waals surface area contributed by atoms with Gasteiger partial charge in [-0.15, -0.1) is 0 Å². The van der Waals surface area contributed by atoms with Gasteiger partial charge in [0.2, 0.25) is 5.91 Å². The predicted octanol–water partition coefficient (Wildman–Crippen LogP) is 6.11. The summed E-state index contributed by atoms with van der Waals surface area (Å²) in [5.74, 6) is 0.309. The Hall–Kier alpha value is -0.570. The van der Waals surface area contributed by atoms with E-state index < -0.39 is 0 Å². The van der Waals surface area contributed by atoms with Gasteiger partial charge in [0.15, 0.2) is 0 Å². The first kappa shape index (κ1) is 22.5. The van der Waals surface area contributed by atoms with Gasteiger partial charge in [0.1, 0.15) is 0 Å². The molecule has 0 spiro atoms. The van der Waals surface area contributed by atoms with E-state index in [1.165, 1.54) is 77.0 Å². The lowest BCUT2D eigenvalue weighted by molar-refractivity contribution is -0.133. The zero-order valence-corrected chi connectivity index (χ0v) is 17.1. The van der Waals surface area contributed by atoms with Gasteiger partial charge in [-0.3, -0.25) is 4.79 Å². The summed E-state index contributed by atoms with van der Waals surface area (Å²) < 4.78 is 5.89. The summed E-state index contributed by atoms with van der Waals surface area (Å²) in [6.07, 6.45) is 18.6. The van der Waals surface area contributed by atoms with Crippen molar-refractivity contribution < 1.29 is 9.53 Å². The number of ether oxygens (including phenoxy) is 1. The van der Waals surface area contributed by atoms with Crippen LogP contribution in [0.25, 0.3) is 0 Å². The molecule has 0 unspecified atom stereocenters. The summed E-state index contributed by atoms with van der Waals surface area (Å²) in [5.41, 5.74) is 0. The van der Waals surface area contributed by atoms with Gasteiger partial charge in [-0.1, -0.05) is 78.1 Å². The molecule has 0 aromatic heterocycles. The molecule has 1 saturated carbocycles. The fraction of sp³-hybridized carbons (Fsp3) is 0.955. The third-order valence-electron chi connectivity index (χ3n) is 5.39. The van der Waals surface area contributed by atoms with Crippen molar-refractivity contribution in [3.8, 4) is 0 Å². The summed E-state index contributed by atoms with van der Waals surface area (Å²) in [6, 6.07) is 0. The van der Waals surface area contributed by atoms with Gasteiger partial charge in [-0.05, 0) is 25.7 Å². The second-order valence-corrected chi connectivity index (χ2v) is 7.74. The van der Waals surface area contributed by atoms with E-state index in [4.69, 9.17) is 4.74 Å². The van der Waals surface area contributed by atoms with Crippen LogP contribution in [0.5, 0.6) is 0 Å². The maximum absolute atomic E-state index is 12.6. The maximum Gasteiger partial charge on any atom is 0.224 e. The largest absolute Gasteiger partial charge is 0.378 e. The van der Waals surface area contributed by atoms with E-state index in [1.807, 2.05) is 0 Å². The number of carbonyl (C=O) groups excluding carboxylic acids is 1. The summed E-state index contributed by atoms with van der Waals surface area (Å²) in [4.78, 5) is 14.7. The Morgan fingerprint density at radius 3 is 1.88 bits per heavy atom. The van der Waals surface area contributed by atoms with Gasteiger partial charge >= 0.3 is 0 Å². The monoisotopic (exact) mass is 353 g/mol. The highest BCUT2D eigenvalue weighted by Crippen LogP contribution is 2.21. The second-order valence-electron chi connectivity index (χ2n) is 7.74. The molecular formula is C22H43NO2. The van der Waals surface area contributed by atoms with Gasteiger partial charge in [-0.25, -0.2) is 0 Å². The number of amides is 1. The molecule has 0 aromatic carbocycles. The van der Waals surface area contributed by atoms with Crippen LogP contribution in [0.2, 0.25) is 0 Å². The zero-order chi connectivity index (χ0) is 18.2. The number of hydrogen-bond donors (Lipinski definition) is 0. The van der Waals surface area contributed by atoms with Gasteiger partial charge in [0, 0.05) is 13.1 Å². The highest BCUT2D eigenvalue weighted by Gasteiger charge is 2.17. The van der Waals surface area contributed by atoms with Crippen LogP contribution in [0, 0.1) is 0 Å². The van der Waals surface area contributed by atoms with Crippen LogP contribution in [-0.4, -0.2) is 36.6 Å². The predicted molar refractivity (Wildman–Crippen MR) is 107 cm³/mol. The molecule has 0 N–H and O–H groups in total. The number of rotatable bonds is 16. The molecule has 0 aliphatic heterocycles. The van der Waals surface area contributed by atoms with Crippen molar-refractivity contribution in [2.45, 2.75) is 116 Å². The standard InChI is InChI=1S/C22H43NO2/c1-3-5-7-9-13-18-23(19-14-10-8-6-4-2)22(24)17-20-25-21-15-11-12-16-21/h21H,3-20H2,1-2H3. The Balaban J connectivity index is 2.23. The maximum atomic E-state index is 12.6. The smallest absolute Gasteiger partial charge is 0.224 e. The normalized spacial score (nSPS) is 15.0. The van der Waals surface area contributed by atoms with E-state index in [0.29, 0.717) is 25.0 Å². The Kier molecular flexibility index (Phi) is 14.1. The molecule has 0 heterocycles.